The quantitative estimate of drug-likeness (QED) is 0.806. The number of carbonyl (C=O) groups excluding carboxylic acids is 1. The first-order chi connectivity index (χ1) is 9.58. The van der Waals surface area contributed by atoms with Crippen LogP contribution in [0.1, 0.15) is 29.0 Å². The Morgan fingerprint density at radius 3 is 2.50 bits per heavy atom. The summed E-state index contributed by atoms with van der Waals surface area (Å²) in [4.78, 5) is 31.0. The summed E-state index contributed by atoms with van der Waals surface area (Å²) < 4.78 is 0. The van der Waals surface area contributed by atoms with Crippen molar-refractivity contribution >= 4 is 22.9 Å². The number of aromatic nitrogens is 2. The van der Waals surface area contributed by atoms with Crippen molar-refractivity contribution in [3.8, 4) is 0 Å². The minimum atomic E-state index is -0.874. The zero-order valence-corrected chi connectivity index (χ0v) is 11.1. The number of rotatable bonds is 5. The summed E-state index contributed by atoms with van der Waals surface area (Å²) in [6.07, 6.45) is 0.420. The van der Waals surface area contributed by atoms with Crippen LogP contribution in [0.25, 0.3) is 11.0 Å². The van der Waals surface area contributed by atoms with Gasteiger partial charge in [-0.15, -0.1) is 0 Å². The van der Waals surface area contributed by atoms with E-state index >= 15 is 0 Å². The highest BCUT2D eigenvalue weighted by Gasteiger charge is 2.13. The van der Waals surface area contributed by atoms with Crippen LogP contribution in [0, 0.1) is 6.92 Å². The van der Waals surface area contributed by atoms with Crippen LogP contribution in [0.15, 0.2) is 24.3 Å². The van der Waals surface area contributed by atoms with Crippen LogP contribution in [0.2, 0.25) is 0 Å². The Morgan fingerprint density at radius 2 is 1.85 bits per heavy atom. The van der Waals surface area contributed by atoms with Crippen molar-refractivity contribution in [2.75, 3.05) is 6.54 Å². The SMILES string of the molecule is Cc1nc2ccccc2nc1C(=O)NCCCC(=O)O. The van der Waals surface area contributed by atoms with Crippen molar-refractivity contribution in [2.45, 2.75) is 19.8 Å². The van der Waals surface area contributed by atoms with Crippen LogP contribution in [0.4, 0.5) is 0 Å². The lowest BCUT2D eigenvalue weighted by Crippen LogP contribution is -2.27. The van der Waals surface area contributed by atoms with E-state index in [1.165, 1.54) is 0 Å². The molecule has 1 aromatic carbocycles. The molecule has 0 atom stereocenters. The molecule has 1 amide bonds. The zero-order valence-electron chi connectivity index (χ0n) is 11.1. The van der Waals surface area contributed by atoms with Crippen LogP contribution in [0.3, 0.4) is 0 Å². The summed E-state index contributed by atoms with van der Waals surface area (Å²) in [6, 6.07) is 7.33. The maximum Gasteiger partial charge on any atom is 0.303 e. The molecular formula is C14H15N3O3. The number of hydrogen-bond donors (Lipinski definition) is 2. The van der Waals surface area contributed by atoms with Gasteiger partial charge in [-0.3, -0.25) is 9.59 Å². The summed E-state index contributed by atoms with van der Waals surface area (Å²) >= 11 is 0. The molecule has 0 bridgehead atoms. The summed E-state index contributed by atoms with van der Waals surface area (Å²) in [7, 11) is 0. The van der Waals surface area contributed by atoms with Crippen molar-refractivity contribution in [1.29, 1.82) is 0 Å². The fourth-order valence-corrected chi connectivity index (χ4v) is 1.83. The van der Waals surface area contributed by atoms with Crippen molar-refractivity contribution < 1.29 is 14.7 Å². The summed E-state index contributed by atoms with van der Waals surface area (Å²) in [5, 5.41) is 11.2. The Kier molecular flexibility index (Phi) is 4.24. The Bertz CT molecular complexity index is 655. The molecule has 0 unspecified atom stereocenters. The molecule has 20 heavy (non-hydrogen) atoms. The van der Waals surface area contributed by atoms with E-state index in [2.05, 4.69) is 15.3 Å². The van der Waals surface area contributed by atoms with Crippen molar-refractivity contribution in [1.82, 2.24) is 15.3 Å². The van der Waals surface area contributed by atoms with E-state index < -0.39 is 5.97 Å². The topological polar surface area (TPSA) is 92.2 Å². The van der Waals surface area contributed by atoms with E-state index in [1.807, 2.05) is 18.2 Å². The second-order valence-electron chi connectivity index (χ2n) is 4.40. The number of carboxylic acids is 1. The van der Waals surface area contributed by atoms with Gasteiger partial charge in [0, 0.05) is 13.0 Å². The summed E-state index contributed by atoms with van der Waals surface area (Å²) in [6.45, 7) is 2.03. The predicted molar refractivity (Wildman–Crippen MR) is 73.5 cm³/mol. The molecule has 1 aromatic heterocycles. The molecule has 0 aliphatic heterocycles. The molecule has 0 fully saturated rings. The van der Waals surface area contributed by atoms with Crippen LogP contribution in [-0.4, -0.2) is 33.5 Å². The second-order valence-corrected chi connectivity index (χ2v) is 4.40. The first kappa shape index (κ1) is 13.9. The number of nitrogens with one attached hydrogen (secondary N) is 1. The second kappa shape index (κ2) is 6.10. The molecule has 2 N–H and O–H groups in total. The number of carbonyl (C=O) groups is 2. The molecule has 104 valence electrons. The van der Waals surface area contributed by atoms with E-state index in [0.29, 0.717) is 24.2 Å². The van der Waals surface area contributed by atoms with Crippen LogP contribution >= 0.6 is 0 Å². The lowest BCUT2D eigenvalue weighted by atomic mass is 10.2. The Labute approximate surface area is 115 Å². The lowest BCUT2D eigenvalue weighted by molar-refractivity contribution is -0.137. The Morgan fingerprint density at radius 1 is 1.20 bits per heavy atom. The van der Waals surface area contributed by atoms with Crippen molar-refractivity contribution in [2.24, 2.45) is 0 Å². The van der Waals surface area contributed by atoms with E-state index in [-0.39, 0.29) is 18.0 Å². The molecular weight excluding hydrogens is 258 g/mol. The monoisotopic (exact) mass is 273 g/mol. The third kappa shape index (κ3) is 3.28. The van der Waals surface area contributed by atoms with E-state index in [9.17, 15) is 9.59 Å². The number of aliphatic carboxylic acids is 1. The maximum atomic E-state index is 12.0. The van der Waals surface area contributed by atoms with Crippen LogP contribution in [0.5, 0.6) is 0 Å². The average Bonchev–Trinajstić information content (AvgIpc) is 2.42. The van der Waals surface area contributed by atoms with E-state index in [4.69, 9.17) is 5.11 Å². The molecule has 6 nitrogen and oxygen atoms in total. The Hall–Kier alpha value is -2.50. The fraction of sp³-hybridized carbons (Fsp3) is 0.286. The van der Waals surface area contributed by atoms with Crippen molar-refractivity contribution in [3.05, 3.63) is 35.7 Å². The van der Waals surface area contributed by atoms with Gasteiger partial charge in [0.2, 0.25) is 0 Å². The summed E-state index contributed by atoms with van der Waals surface area (Å²) in [5.41, 5.74) is 2.24. The highest BCUT2D eigenvalue weighted by atomic mass is 16.4. The highest BCUT2D eigenvalue weighted by Crippen LogP contribution is 2.12. The normalized spacial score (nSPS) is 10.4. The van der Waals surface area contributed by atoms with Crippen molar-refractivity contribution in [3.63, 3.8) is 0 Å². The highest BCUT2D eigenvalue weighted by molar-refractivity contribution is 5.95. The number of fused-ring (bicyclic) bond motifs is 1. The maximum absolute atomic E-state index is 12.0. The van der Waals surface area contributed by atoms with Gasteiger partial charge in [0.25, 0.3) is 5.91 Å². The zero-order chi connectivity index (χ0) is 14.5. The van der Waals surface area contributed by atoms with E-state index in [0.717, 1.165) is 5.52 Å². The van der Waals surface area contributed by atoms with E-state index in [1.54, 1.807) is 13.0 Å². The number of aryl methyl sites for hydroxylation is 1. The molecule has 6 heteroatoms. The van der Waals surface area contributed by atoms with Gasteiger partial charge in [0.15, 0.2) is 0 Å². The molecule has 2 rings (SSSR count). The van der Waals surface area contributed by atoms with Gasteiger partial charge in [-0.05, 0) is 25.5 Å². The molecule has 2 aromatic rings. The molecule has 0 saturated carbocycles. The number of hydrogen-bond acceptors (Lipinski definition) is 4. The first-order valence-electron chi connectivity index (χ1n) is 6.31. The lowest BCUT2D eigenvalue weighted by Gasteiger charge is -2.07. The number of amides is 1. The predicted octanol–water partition coefficient (Wildman–Crippen LogP) is 1.53. The largest absolute Gasteiger partial charge is 0.481 e. The molecule has 0 aliphatic rings. The molecule has 0 radical (unpaired) electrons. The smallest absolute Gasteiger partial charge is 0.303 e. The molecule has 0 spiro atoms. The van der Waals surface area contributed by atoms with Crippen LogP contribution < -0.4 is 5.32 Å². The average molecular weight is 273 g/mol. The standard InChI is InChI=1S/C14H15N3O3/c1-9-13(14(20)15-8-4-7-12(18)19)17-11-6-3-2-5-10(11)16-9/h2-3,5-6H,4,7-8H2,1H3,(H,15,20)(H,18,19). The number of para-hydroxylation sites is 2. The molecule has 0 aliphatic carbocycles. The van der Waals surface area contributed by atoms with Gasteiger partial charge in [-0.1, -0.05) is 12.1 Å². The fourth-order valence-electron chi connectivity index (χ4n) is 1.83. The first-order valence-corrected chi connectivity index (χ1v) is 6.31. The number of benzene rings is 1. The molecule has 1 heterocycles. The van der Waals surface area contributed by atoms with Gasteiger partial charge in [0.05, 0.1) is 16.7 Å². The minimum absolute atomic E-state index is 0.0304. The van der Waals surface area contributed by atoms with Crippen LogP contribution in [-0.2, 0) is 4.79 Å². The number of carboxylic acid groups (broad SMARTS) is 1. The Balaban J connectivity index is 2.09. The number of nitrogens with zero attached hydrogens (tertiary/aromatic N) is 2. The van der Waals surface area contributed by atoms with Gasteiger partial charge < -0.3 is 10.4 Å². The minimum Gasteiger partial charge on any atom is -0.481 e. The van der Waals surface area contributed by atoms with Gasteiger partial charge in [-0.2, -0.15) is 0 Å². The summed E-state index contributed by atoms with van der Waals surface area (Å²) in [5.74, 6) is -1.20. The third-order valence-corrected chi connectivity index (χ3v) is 2.81. The van der Waals surface area contributed by atoms with Gasteiger partial charge in [-0.25, -0.2) is 9.97 Å². The van der Waals surface area contributed by atoms with Gasteiger partial charge >= 0.3 is 5.97 Å². The van der Waals surface area contributed by atoms with Gasteiger partial charge in [0.1, 0.15) is 5.69 Å². The third-order valence-electron chi connectivity index (χ3n) is 2.81. The molecule has 0 saturated heterocycles.